The van der Waals surface area contributed by atoms with Crippen LogP contribution in [-0.2, 0) is 11.3 Å². The number of hydrogen-bond acceptors (Lipinski definition) is 3. The zero-order valence-corrected chi connectivity index (χ0v) is 15.4. The second kappa shape index (κ2) is 7.61. The fraction of sp³-hybridized carbons (Fsp3) is 0.579. The molecule has 3 rings (SSSR count). The number of amides is 3. The second-order valence-electron chi connectivity index (χ2n) is 7.69. The van der Waals surface area contributed by atoms with Crippen molar-refractivity contribution in [2.45, 2.75) is 44.8 Å². The Kier molecular flexibility index (Phi) is 5.46. The van der Waals surface area contributed by atoms with Crippen LogP contribution in [0.25, 0.3) is 0 Å². The van der Waals surface area contributed by atoms with Gasteiger partial charge in [0.05, 0.1) is 5.54 Å². The highest BCUT2D eigenvalue weighted by Crippen LogP contribution is 2.26. The van der Waals surface area contributed by atoms with Crippen molar-refractivity contribution in [2.75, 3.05) is 26.2 Å². The predicted molar refractivity (Wildman–Crippen MR) is 97.0 cm³/mol. The van der Waals surface area contributed by atoms with Crippen molar-refractivity contribution in [1.29, 1.82) is 0 Å². The van der Waals surface area contributed by atoms with Gasteiger partial charge in [-0.1, -0.05) is 12.1 Å². The number of likely N-dealkylation sites (tertiary alicyclic amines) is 1. The molecule has 2 N–H and O–H groups in total. The predicted octanol–water partition coefficient (Wildman–Crippen LogP) is 1.71. The topological polar surface area (TPSA) is 64.7 Å². The number of nitrogens with one attached hydrogen (secondary N) is 2. The highest BCUT2D eigenvalue weighted by molar-refractivity contribution is 5.78. The summed E-state index contributed by atoms with van der Waals surface area (Å²) in [6.07, 6.45) is 1.14. The Morgan fingerprint density at radius 1 is 1.35 bits per heavy atom. The monoisotopic (exact) mass is 362 g/mol. The molecule has 0 bridgehead atoms. The zero-order valence-electron chi connectivity index (χ0n) is 15.4. The van der Waals surface area contributed by atoms with Crippen molar-refractivity contribution < 1.29 is 14.0 Å². The van der Waals surface area contributed by atoms with Crippen LogP contribution in [0.2, 0.25) is 0 Å². The van der Waals surface area contributed by atoms with Gasteiger partial charge in [0.25, 0.3) is 0 Å². The Morgan fingerprint density at radius 3 is 2.88 bits per heavy atom. The minimum atomic E-state index is -0.435. The van der Waals surface area contributed by atoms with Crippen LogP contribution in [0.1, 0.15) is 32.3 Å². The van der Waals surface area contributed by atoms with Crippen LogP contribution in [0.15, 0.2) is 24.3 Å². The van der Waals surface area contributed by atoms with E-state index in [0.29, 0.717) is 39.1 Å². The standard InChI is InChI=1S/C19H27FN4O2/c1-14(2)21-18(26)24-9-7-19(13-24)12-23(8-6-17(25)22-19)11-15-4-3-5-16(20)10-15/h3-5,10,14H,6-9,11-13H2,1-2H3,(H,21,26)(H,22,25). The van der Waals surface area contributed by atoms with Gasteiger partial charge in [-0.05, 0) is 38.0 Å². The lowest BCUT2D eigenvalue weighted by molar-refractivity contribution is -0.122. The van der Waals surface area contributed by atoms with Crippen molar-refractivity contribution in [3.63, 3.8) is 0 Å². The highest BCUT2D eigenvalue weighted by atomic mass is 19.1. The molecule has 2 aliphatic rings. The summed E-state index contributed by atoms with van der Waals surface area (Å²) in [5.41, 5.74) is 0.455. The van der Waals surface area contributed by atoms with Gasteiger partial charge in [-0.15, -0.1) is 0 Å². The minimum absolute atomic E-state index is 0.0119. The van der Waals surface area contributed by atoms with Crippen LogP contribution in [0.5, 0.6) is 0 Å². The van der Waals surface area contributed by atoms with E-state index >= 15 is 0 Å². The van der Waals surface area contributed by atoms with Gasteiger partial charge >= 0.3 is 6.03 Å². The SMILES string of the molecule is CC(C)NC(=O)N1CCC2(CN(Cc3cccc(F)c3)CCC(=O)N2)C1. The van der Waals surface area contributed by atoms with Crippen molar-refractivity contribution >= 4 is 11.9 Å². The number of urea groups is 1. The van der Waals surface area contributed by atoms with Gasteiger partial charge in [-0.2, -0.15) is 0 Å². The summed E-state index contributed by atoms with van der Waals surface area (Å²) < 4.78 is 13.5. The van der Waals surface area contributed by atoms with Gasteiger partial charge in [0.15, 0.2) is 0 Å². The largest absolute Gasteiger partial charge is 0.347 e. The first-order chi connectivity index (χ1) is 12.3. The molecular formula is C19H27FN4O2. The first-order valence-electron chi connectivity index (χ1n) is 9.18. The third-order valence-corrected chi connectivity index (χ3v) is 4.93. The minimum Gasteiger partial charge on any atom is -0.347 e. The molecule has 0 aliphatic carbocycles. The number of rotatable bonds is 3. The maximum absolute atomic E-state index is 13.5. The Balaban J connectivity index is 1.70. The molecule has 0 saturated carbocycles. The molecule has 1 spiro atoms. The van der Waals surface area contributed by atoms with E-state index in [0.717, 1.165) is 12.0 Å². The maximum atomic E-state index is 13.5. The van der Waals surface area contributed by atoms with Crippen LogP contribution in [0, 0.1) is 5.82 Å². The lowest BCUT2D eigenvalue weighted by Crippen LogP contribution is -2.55. The molecule has 6 nitrogen and oxygen atoms in total. The van der Waals surface area contributed by atoms with Gasteiger partial charge < -0.3 is 15.5 Å². The van der Waals surface area contributed by atoms with Crippen LogP contribution < -0.4 is 10.6 Å². The zero-order chi connectivity index (χ0) is 18.7. The fourth-order valence-electron chi connectivity index (χ4n) is 3.81. The third kappa shape index (κ3) is 4.52. The summed E-state index contributed by atoms with van der Waals surface area (Å²) in [6.45, 7) is 6.84. The Hall–Kier alpha value is -2.15. The van der Waals surface area contributed by atoms with E-state index in [4.69, 9.17) is 0 Å². The molecule has 1 atom stereocenters. The van der Waals surface area contributed by atoms with Crippen molar-refractivity contribution in [2.24, 2.45) is 0 Å². The van der Waals surface area contributed by atoms with Crippen LogP contribution in [-0.4, -0.2) is 59.5 Å². The lowest BCUT2D eigenvalue weighted by atomic mass is 9.98. The summed E-state index contributed by atoms with van der Waals surface area (Å²) in [4.78, 5) is 28.5. The van der Waals surface area contributed by atoms with Crippen LogP contribution in [0.3, 0.4) is 0 Å². The molecule has 2 saturated heterocycles. The molecule has 0 aromatic heterocycles. The summed E-state index contributed by atoms with van der Waals surface area (Å²) in [7, 11) is 0. The molecule has 1 aromatic carbocycles. The summed E-state index contributed by atoms with van der Waals surface area (Å²) in [5.74, 6) is -0.239. The lowest BCUT2D eigenvalue weighted by Gasteiger charge is -2.33. The van der Waals surface area contributed by atoms with Gasteiger partial charge in [0.1, 0.15) is 5.82 Å². The maximum Gasteiger partial charge on any atom is 0.317 e. The molecule has 2 fully saturated rings. The molecule has 0 radical (unpaired) electrons. The average Bonchev–Trinajstić information content (AvgIpc) is 2.88. The van der Waals surface area contributed by atoms with Gasteiger partial charge in [-0.25, -0.2) is 9.18 Å². The average molecular weight is 362 g/mol. The van der Waals surface area contributed by atoms with E-state index < -0.39 is 5.54 Å². The molecule has 7 heteroatoms. The van der Waals surface area contributed by atoms with Crippen molar-refractivity contribution in [1.82, 2.24) is 20.4 Å². The number of carbonyl (C=O) groups excluding carboxylic acids is 2. The van der Waals surface area contributed by atoms with E-state index in [9.17, 15) is 14.0 Å². The summed E-state index contributed by atoms with van der Waals surface area (Å²) in [5, 5.41) is 6.05. The number of hydrogen-bond donors (Lipinski definition) is 2. The van der Waals surface area contributed by atoms with Gasteiger partial charge in [0, 0.05) is 45.2 Å². The quantitative estimate of drug-likeness (QED) is 0.860. The highest BCUT2D eigenvalue weighted by Gasteiger charge is 2.43. The van der Waals surface area contributed by atoms with E-state index in [2.05, 4.69) is 15.5 Å². The molecular weight excluding hydrogens is 335 g/mol. The molecule has 2 aliphatic heterocycles. The molecule has 1 aromatic rings. The van der Waals surface area contributed by atoms with Crippen molar-refractivity contribution in [3.05, 3.63) is 35.6 Å². The van der Waals surface area contributed by atoms with E-state index in [1.807, 2.05) is 19.9 Å². The molecule has 3 amide bonds. The summed E-state index contributed by atoms with van der Waals surface area (Å²) in [6, 6.07) is 6.55. The normalized spacial score (nSPS) is 24.0. The smallest absolute Gasteiger partial charge is 0.317 e. The summed E-state index contributed by atoms with van der Waals surface area (Å²) >= 11 is 0. The van der Waals surface area contributed by atoms with Gasteiger partial charge in [0.2, 0.25) is 5.91 Å². The van der Waals surface area contributed by atoms with E-state index in [-0.39, 0.29) is 23.8 Å². The molecule has 2 heterocycles. The van der Waals surface area contributed by atoms with Crippen LogP contribution in [0.4, 0.5) is 9.18 Å². The first-order valence-corrected chi connectivity index (χ1v) is 9.18. The first kappa shape index (κ1) is 18.6. The third-order valence-electron chi connectivity index (χ3n) is 4.93. The van der Waals surface area contributed by atoms with Crippen molar-refractivity contribution in [3.8, 4) is 0 Å². The Labute approximate surface area is 153 Å². The fourth-order valence-corrected chi connectivity index (χ4v) is 3.81. The number of nitrogens with zero attached hydrogens (tertiary/aromatic N) is 2. The van der Waals surface area contributed by atoms with E-state index in [1.165, 1.54) is 12.1 Å². The molecule has 142 valence electrons. The Morgan fingerprint density at radius 2 is 2.15 bits per heavy atom. The Bertz CT molecular complexity index is 681. The number of halogens is 1. The molecule has 26 heavy (non-hydrogen) atoms. The van der Waals surface area contributed by atoms with Crippen LogP contribution >= 0.6 is 0 Å². The van der Waals surface area contributed by atoms with E-state index in [1.54, 1.807) is 11.0 Å². The number of benzene rings is 1. The second-order valence-corrected chi connectivity index (χ2v) is 7.69. The number of carbonyl (C=O) groups is 2. The van der Waals surface area contributed by atoms with Gasteiger partial charge in [-0.3, -0.25) is 9.69 Å². The molecule has 1 unspecified atom stereocenters.